The van der Waals surface area contributed by atoms with Crippen molar-refractivity contribution in [2.24, 2.45) is 0 Å². The lowest BCUT2D eigenvalue weighted by molar-refractivity contribution is 0.320. The molecule has 0 aliphatic heterocycles. The van der Waals surface area contributed by atoms with Crippen molar-refractivity contribution in [3.8, 4) is 5.75 Å². The summed E-state index contributed by atoms with van der Waals surface area (Å²) < 4.78 is 36.0. The first kappa shape index (κ1) is 23.5. The molecule has 0 spiro atoms. The zero-order chi connectivity index (χ0) is 23.6. The molecule has 1 heterocycles. The van der Waals surface area contributed by atoms with E-state index >= 15 is 0 Å². The highest BCUT2D eigenvalue weighted by Gasteiger charge is 2.17. The van der Waals surface area contributed by atoms with Crippen LogP contribution in [-0.2, 0) is 16.6 Å². The summed E-state index contributed by atoms with van der Waals surface area (Å²) in [6, 6.07) is 17.9. The highest BCUT2D eigenvalue weighted by Crippen LogP contribution is 2.24. The van der Waals surface area contributed by atoms with E-state index in [9.17, 15) is 13.2 Å². The van der Waals surface area contributed by atoms with Gasteiger partial charge >= 0.3 is 4.87 Å². The number of ether oxygens (including phenoxy) is 1. The largest absolute Gasteiger partial charge is 0.492 e. The molecule has 9 heteroatoms. The fourth-order valence-electron chi connectivity index (χ4n) is 3.44. The average molecular weight is 503 g/mol. The lowest BCUT2D eigenvalue weighted by atomic mass is 10.1. The van der Waals surface area contributed by atoms with Crippen molar-refractivity contribution < 1.29 is 13.2 Å². The van der Waals surface area contributed by atoms with Crippen LogP contribution >= 0.6 is 22.9 Å². The van der Waals surface area contributed by atoms with Crippen molar-refractivity contribution >= 4 is 43.2 Å². The molecule has 4 rings (SSSR count). The van der Waals surface area contributed by atoms with Crippen molar-refractivity contribution in [2.75, 3.05) is 13.2 Å². The van der Waals surface area contributed by atoms with Gasteiger partial charge in [0.25, 0.3) is 0 Å². The van der Waals surface area contributed by atoms with Crippen LogP contribution in [0.5, 0.6) is 5.75 Å². The summed E-state index contributed by atoms with van der Waals surface area (Å²) >= 11 is 7.25. The molecule has 1 aromatic heterocycles. The van der Waals surface area contributed by atoms with Gasteiger partial charge in [0.15, 0.2) is 0 Å². The SMILES string of the molecule is Cc1ccc(C)c(OCCNS(=O)(=O)c2ccc3c(c2)sc(=O)n3Cc2ccccc2Cl)c1. The van der Waals surface area contributed by atoms with Gasteiger partial charge in [-0.2, -0.15) is 0 Å². The minimum atomic E-state index is -3.75. The van der Waals surface area contributed by atoms with Gasteiger partial charge < -0.3 is 4.74 Å². The lowest BCUT2D eigenvalue weighted by Crippen LogP contribution is -2.28. The van der Waals surface area contributed by atoms with Crippen LogP contribution in [0, 0.1) is 13.8 Å². The molecule has 0 amide bonds. The molecule has 4 aromatic rings. The molecule has 0 unspecified atom stereocenters. The van der Waals surface area contributed by atoms with Gasteiger partial charge in [0.1, 0.15) is 12.4 Å². The Labute approximate surface area is 201 Å². The van der Waals surface area contributed by atoms with Gasteiger partial charge in [0, 0.05) is 11.6 Å². The Hall–Kier alpha value is -2.65. The second-order valence-electron chi connectivity index (χ2n) is 7.69. The Bertz CT molecular complexity index is 1480. The Morgan fingerprint density at radius 1 is 1.06 bits per heavy atom. The second-order valence-corrected chi connectivity index (χ2v) is 10.9. The molecule has 0 saturated carbocycles. The van der Waals surface area contributed by atoms with Crippen molar-refractivity contribution in [1.29, 1.82) is 0 Å². The van der Waals surface area contributed by atoms with Gasteiger partial charge in [0.2, 0.25) is 10.0 Å². The van der Waals surface area contributed by atoms with Crippen LogP contribution < -0.4 is 14.3 Å². The molecule has 3 aromatic carbocycles. The minimum Gasteiger partial charge on any atom is -0.492 e. The summed E-state index contributed by atoms with van der Waals surface area (Å²) in [5.74, 6) is 0.736. The van der Waals surface area contributed by atoms with E-state index in [0.29, 0.717) is 21.8 Å². The van der Waals surface area contributed by atoms with Crippen molar-refractivity contribution in [2.45, 2.75) is 25.3 Å². The van der Waals surface area contributed by atoms with Gasteiger partial charge in [-0.3, -0.25) is 9.36 Å². The number of halogens is 1. The third-order valence-electron chi connectivity index (χ3n) is 5.23. The Morgan fingerprint density at radius 3 is 2.64 bits per heavy atom. The van der Waals surface area contributed by atoms with Gasteiger partial charge in [-0.1, -0.05) is 53.3 Å². The normalized spacial score (nSPS) is 11.7. The van der Waals surface area contributed by atoms with E-state index in [1.54, 1.807) is 16.7 Å². The predicted molar refractivity (Wildman–Crippen MR) is 133 cm³/mol. The third kappa shape index (κ3) is 5.30. The summed E-state index contributed by atoms with van der Waals surface area (Å²) in [7, 11) is -3.75. The van der Waals surface area contributed by atoms with Crippen LogP contribution in [-0.4, -0.2) is 26.1 Å². The Morgan fingerprint density at radius 2 is 1.85 bits per heavy atom. The summed E-state index contributed by atoms with van der Waals surface area (Å²) in [6.07, 6.45) is 0. The minimum absolute atomic E-state index is 0.105. The number of hydrogen-bond donors (Lipinski definition) is 1. The standard InChI is InChI=1S/C24H23ClN2O4S2/c1-16-7-8-17(2)22(13-16)31-12-11-26-33(29,30)19-9-10-21-23(14-19)32-24(28)27(21)15-18-5-3-4-6-20(18)25/h3-10,13-14,26H,11-12,15H2,1-2H3. The number of aryl methyl sites for hydroxylation is 2. The molecular formula is C24H23ClN2O4S2. The topological polar surface area (TPSA) is 77.4 Å². The van der Waals surface area contributed by atoms with Crippen LogP contribution in [0.25, 0.3) is 10.2 Å². The zero-order valence-electron chi connectivity index (χ0n) is 18.2. The number of hydrogen-bond acceptors (Lipinski definition) is 5. The van der Waals surface area contributed by atoms with Crippen LogP contribution in [0.3, 0.4) is 0 Å². The van der Waals surface area contributed by atoms with Crippen LogP contribution in [0.2, 0.25) is 5.02 Å². The Balaban J connectivity index is 1.48. The number of sulfonamides is 1. The first-order chi connectivity index (χ1) is 15.7. The molecule has 33 heavy (non-hydrogen) atoms. The number of benzene rings is 3. The number of aromatic nitrogens is 1. The van der Waals surface area contributed by atoms with Gasteiger partial charge in [0.05, 0.1) is 21.7 Å². The molecule has 6 nitrogen and oxygen atoms in total. The third-order valence-corrected chi connectivity index (χ3v) is 8.00. The summed E-state index contributed by atoms with van der Waals surface area (Å²) in [5, 5.41) is 0.579. The molecule has 0 saturated heterocycles. The number of thiazole rings is 1. The van der Waals surface area contributed by atoms with E-state index in [1.165, 1.54) is 12.1 Å². The number of nitrogens with one attached hydrogen (secondary N) is 1. The summed E-state index contributed by atoms with van der Waals surface area (Å²) in [5.41, 5.74) is 3.56. The van der Waals surface area contributed by atoms with E-state index in [4.69, 9.17) is 16.3 Å². The first-order valence-corrected chi connectivity index (χ1v) is 13.0. The summed E-state index contributed by atoms with van der Waals surface area (Å²) in [4.78, 5) is 12.5. The number of rotatable bonds is 8. The maximum atomic E-state index is 12.8. The van der Waals surface area contributed by atoms with E-state index < -0.39 is 10.0 Å². The van der Waals surface area contributed by atoms with Gasteiger partial charge in [-0.25, -0.2) is 13.1 Å². The predicted octanol–water partition coefficient (Wildman–Crippen LogP) is 4.74. The zero-order valence-corrected chi connectivity index (χ0v) is 20.6. The highest BCUT2D eigenvalue weighted by atomic mass is 35.5. The second kappa shape index (κ2) is 9.69. The van der Waals surface area contributed by atoms with Crippen molar-refractivity contribution in [3.63, 3.8) is 0 Å². The quantitative estimate of drug-likeness (QED) is 0.353. The van der Waals surface area contributed by atoms with Crippen LogP contribution in [0.15, 0.2) is 70.4 Å². The van der Waals surface area contributed by atoms with E-state index in [0.717, 1.165) is 33.8 Å². The maximum absolute atomic E-state index is 12.8. The van der Waals surface area contributed by atoms with E-state index in [-0.39, 0.29) is 22.9 Å². The number of nitrogens with zero attached hydrogens (tertiary/aromatic N) is 1. The molecule has 0 atom stereocenters. The van der Waals surface area contributed by atoms with E-state index in [1.807, 2.05) is 50.2 Å². The molecule has 0 aliphatic carbocycles. The molecule has 0 aliphatic rings. The van der Waals surface area contributed by atoms with Crippen LogP contribution in [0.1, 0.15) is 16.7 Å². The Kier molecular flexibility index (Phi) is 6.90. The van der Waals surface area contributed by atoms with Crippen molar-refractivity contribution in [1.82, 2.24) is 9.29 Å². The molecule has 0 radical (unpaired) electrons. The smallest absolute Gasteiger partial charge is 0.308 e. The fraction of sp³-hybridized carbons (Fsp3) is 0.208. The van der Waals surface area contributed by atoms with Gasteiger partial charge in [-0.05, 0) is 60.9 Å². The molecule has 0 bridgehead atoms. The molecule has 172 valence electrons. The van der Waals surface area contributed by atoms with Gasteiger partial charge in [-0.15, -0.1) is 0 Å². The van der Waals surface area contributed by atoms with Crippen LogP contribution in [0.4, 0.5) is 0 Å². The summed E-state index contributed by atoms with van der Waals surface area (Å²) in [6.45, 7) is 4.56. The molecular weight excluding hydrogens is 480 g/mol. The first-order valence-electron chi connectivity index (χ1n) is 10.3. The van der Waals surface area contributed by atoms with E-state index in [2.05, 4.69) is 4.72 Å². The van der Waals surface area contributed by atoms with Crippen molar-refractivity contribution in [3.05, 3.63) is 92.0 Å². The molecule has 0 fully saturated rings. The maximum Gasteiger partial charge on any atom is 0.308 e. The number of fused-ring (bicyclic) bond motifs is 1. The highest BCUT2D eigenvalue weighted by molar-refractivity contribution is 7.89. The lowest BCUT2D eigenvalue weighted by Gasteiger charge is -2.11. The average Bonchev–Trinajstić information content (AvgIpc) is 3.09. The fourth-order valence-corrected chi connectivity index (χ4v) is 5.68. The molecule has 1 N–H and O–H groups in total. The monoisotopic (exact) mass is 502 g/mol.